The molecule has 6 nitrogen and oxygen atoms in total. The third-order valence-electron chi connectivity index (χ3n) is 5.10. The van der Waals surface area contributed by atoms with Crippen molar-refractivity contribution in [2.24, 2.45) is 5.16 Å². The van der Waals surface area contributed by atoms with Crippen LogP contribution in [-0.4, -0.2) is 28.7 Å². The fraction of sp³-hybridized carbons (Fsp3) is 0.0800. The van der Waals surface area contributed by atoms with Crippen molar-refractivity contribution in [1.82, 2.24) is 5.32 Å². The number of nitrogens with zero attached hydrogens (tertiary/aromatic N) is 1. The van der Waals surface area contributed by atoms with Crippen molar-refractivity contribution < 1.29 is 14.8 Å². The number of fused-ring (bicyclic) bond motifs is 1. The van der Waals surface area contributed by atoms with Gasteiger partial charge in [0.15, 0.2) is 0 Å². The normalized spacial score (nSPS) is 15.0. The molecule has 1 atom stereocenters. The van der Waals surface area contributed by atoms with Crippen LogP contribution in [-0.2, 0) is 11.2 Å². The minimum atomic E-state index is -0.767. The van der Waals surface area contributed by atoms with E-state index >= 15 is 0 Å². The largest absolute Gasteiger partial charge is 0.410 e. The first-order valence-corrected chi connectivity index (χ1v) is 10.4. The summed E-state index contributed by atoms with van der Waals surface area (Å²) in [4.78, 5) is 26.2. The molecule has 0 radical (unpaired) electrons. The number of oxime groups is 1. The maximum absolute atomic E-state index is 13.2. The quantitative estimate of drug-likeness (QED) is 0.386. The summed E-state index contributed by atoms with van der Waals surface area (Å²) in [6.07, 6.45) is 1.79. The smallest absolute Gasteiger partial charge is 0.247 e. The van der Waals surface area contributed by atoms with Gasteiger partial charge in [0, 0.05) is 28.3 Å². The van der Waals surface area contributed by atoms with E-state index in [4.69, 9.17) is 11.6 Å². The highest BCUT2D eigenvalue weighted by Crippen LogP contribution is 2.22. The summed E-state index contributed by atoms with van der Waals surface area (Å²) >= 11 is 6.03. The highest BCUT2D eigenvalue weighted by molar-refractivity contribution is 6.31. The molecular formula is C25H20ClN3O3. The van der Waals surface area contributed by atoms with Crippen LogP contribution in [0.5, 0.6) is 0 Å². The lowest BCUT2D eigenvalue weighted by molar-refractivity contribution is -0.117. The van der Waals surface area contributed by atoms with Gasteiger partial charge in [0.05, 0.1) is 5.70 Å². The number of carbonyl (C=O) groups is 2. The van der Waals surface area contributed by atoms with Gasteiger partial charge in [-0.05, 0) is 29.8 Å². The predicted molar refractivity (Wildman–Crippen MR) is 124 cm³/mol. The standard InChI is InChI=1S/C25H20ClN3O3/c26-17-9-6-10-18(14-17)27-25(31)23(13-16-7-2-1-3-8-16)28-22-15-21(29-32)19-11-4-5-12-20(19)24(22)30/h1-12,14-15,23,28,32H,13H2,(H,27,31). The van der Waals surface area contributed by atoms with Crippen molar-refractivity contribution in [2.45, 2.75) is 12.5 Å². The van der Waals surface area contributed by atoms with Crippen molar-refractivity contribution in [3.8, 4) is 0 Å². The number of anilines is 1. The lowest BCUT2D eigenvalue weighted by atomic mass is 9.91. The molecule has 160 valence electrons. The summed E-state index contributed by atoms with van der Waals surface area (Å²) in [5.74, 6) is -0.604. The number of rotatable bonds is 6. The molecule has 0 bridgehead atoms. The second-order valence-electron chi connectivity index (χ2n) is 7.30. The predicted octanol–water partition coefficient (Wildman–Crippen LogP) is 4.44. The van der Waals surface area contributed by atoms with E-state index in [2.05, 4.69) is 15.8 Å². The van der Waals surface area contributed by atoms with E-state index in [9.17, 15) is 14.8 Å². The van der Waals surface area contributed by atoms with Crippen LogP contribution in [0.1, 0.15) is 21.5 Å². The van der Waals surface area contributed by atoms with Gasteiger partial charge in [-0.1, -0.05) is 77.4 Å². The highest BCUT2D eigenvalue weighted by Gasteiger charge is 2.28. The van der Waals surface area contributed by atoms with Crippen molar-refractivity contribution in [1.29, 1.82) is 0 Å². The molecule has 0 spiro atoms. The van der Waals surface area contributed by atoms with Gasteiger partial charge >= 0.3 is 0 Å². The van der Waals surface area contributed by atoms with Gasteiger partial charge in [0.25, 0.3) is 0 Å². The van der Waals surface area contributed by atoms with Crippen LogP contribution in [0.2, 0.25) is 5.02 Å². The van der Waals surface area contributed by atoms with E-state index in [0.29, 0.717) is 28.3 Å². The van der Waals surface area contributed by atoms with Crippen molar-refractivity contribution in [2.75, 3.05) is 5.32 Å². The fourth-order valence-electron chi connectivity index (χ4n) is 3.56. The minimum Gasteiger partial charge on any atom is -0.410 e. The van der Waals surface area contributed by atoms with Gasteiger partial charge in [0.2, 0.25) is 11.7 Å². The summed E-state index contributed by atoms with van der Waals surface area (Å²) in [7, 11) is 0. The summed E-state index contributed by atoms with van der Waals surface area (Å²) < 4.78 is 0. The van der Waals surface area contributed by atoms with Gasteiger partial charge in [-0.3, -0.25) is 9.59 Å². The number of hydrogen-bond acceptors (Lipinski definition) is 5. The first kappa shape index (κ1) is 21.3. The lowest BCUT2D eigenvalue weighted by Crippen LogP contribution is -2.44. The minimum absolute atomic E-state index is 0.179. The number of ketones is 1. The van der Waals surface area contributed by atoms with E-state index in [1.54, 1.807) is 48.5 Å². The van der Waals surface area contributed by atoms with E-state index in [1.165, 1.54) is 6.08 Å². The number of amides is 1. The number of allylic oxidation sites excluding steroid dienone is 2. The third-order valence-corrected chi connectivity index (χ3v) is 5.34. The molecular weight excluding hydrogens is 426 g/mol. The van der Waals surface area contributed by atoms with E-state index in [-0.39, 0.29) is 23.1 Å². The molecule has 0 aliphatic heterocycles. The van der Waals surface area contributed by atoms with Crippen molar-refractivity contribution in [3.63, 3.8) is 0 Å². The Balaban J connectivity index is 1.63. The molecule has 7 heteroatoms. The zero-order valence-electron chi connectivity index (χ0n) is 17.0. The van der Waals surface area contributed by atoms with Crippen LogP contribution in [0.3, 0.4) is 0 Å². The Morgan fingerprint density at radius 3 is 2.41 bits per heavy atom. The molecule has 4 rings (SSSR count). The van der Waals surface area contributed by atoms with E-state index in [1.807, 2.05) is 30.3 Å². The first-order valence-electron chi connectivity index (χ1n) is 10.00. The maximum atomic E-state index is 13.2. The molecule has 3 N–H and O–H groups in total. The van der Waals surface area contributed by atoms with E-state index < -0.39 is 6.04 Å². The molecule has 1 amide bonds. The molecule has 0 aromatic heterocycles. The topological polar surface area (TPSA) is 90.8 Å². The van der Waals surface area contributed by atoms with Gasteiger partial charge in [-0.2, -0.15) is 0 Å². The molecule has 0 fully saturated rings. The zero-order valence-corrected chi connectivity index (χ0v) is 17.7. The number of nitrogens with one attached hydrogen (secondary N) is 2. The lowest BCUT2D eigenvalue weighted by Gasteiger charge is -2.24. The monoisotopic (exact) mass is 445 g/mol. The van der Waals surface area contributed by atoms with Crippen LogP contribution in [0.15, 0.2) is 95.8 Å². The number of benzene rings is 3. The molecule has 0 saturated heterocycles. The second-order valence-corrected chi connectivity index (χ2v) is 7.74. The Labute approximate surface area is 190 Å². The fourth-order valence-corrected chi connectivity index (χ4v) is 3.75. The molecule has 3 aromatic rings. The first-order chi connectivity index (χ1) is 15.5. The highest BCUT2D eigenvalue weighted by atomic mass is 35.5. The number of hydrogen-bond donors (Lipinski definition) is 3. The average molecular weight is 446 g/mol. The van der Waals surface area contributed by atoms with Crippen molar-refractivity contribution >= 4 is 34.7 Å². The second kappa shape index (κ2) is 9.49. The number of Topliss-reactive ketones (excluding diaryl/α,β-unsaturated/α-hetero) is 1. The zero-order chi connectivity index (χ0) is 22.5. The average Bonchev–Trinajstić information content (AvgIpc) is 2.81. The summed E-state index contributed by atoms with van der Waals surface area (Å²) in [5, 5.41) is 19.2. The third kappa shape index (κ3) is 4.71. The molecule has 1 aliphatic rings. The van der Waals surface area contributed by atoms with Crippen LogP contribution in [0.4, 0.5) is 5.69 Å². The Morgan fingerprint density at radius 2 is 1.69 bits per heavy atom. The van der Waals surface area contributed by atoms with Gasteiger partial charge < -0.3 is 15.8 Å². The van der Waals surface area contributed by atoms with E-state index in [0.717, 1.165) is 5.56 Å². The molecule has 0 saturated carbocycles. The molecule has 3 aromatic carbocycles. The Hall–Kier alpha value is -3.90. The number of carbonyl (C=O) groups excluding carboxylic acids is 2. The molecule has 1 aliphatic carbocycles. The summed E-state index contributed by atoms with van der Waals surface area (Å²) in [6, 6.07) is 22.4. The van der Waals surface area contributed by atoms with Crippen LogP contribution in [0, 0.1) is 0 Å². The van der Waals surface area contributed by atoms with Crippen LogP contribution >= 0.6 is 11.6 Å². The molecule has 1 unspecified atom stereocenters. The van der Waals surface area contributed by atoms with Gasteiger partial charge in [0.1, 0.15) is 11.8 Å². The summed E-state index contributed by atoms with van der Waals surface area (Å²) in [5.41, 5.74) is 2.84. The van der Waals surface area contributed by atoms with Gasteiger partial charge in [-0.25, -0.2) is 0 Å². The van der Waals surface area contributed by atoms with Crippen LogP contribution in [0.25, 0.3) is 0 Å². The molecule has 32 heavy (non-hydrogen) atoms. The maximum Gasteiger partial charge on any atom is 0.247 e. The Kier molecular flexibility index (Phi) is 6.33. The SMILES string of the molecule is O=C1C(NC(Cc2ccccc2)C(=O)Nc2cccc(Cl)c2)=CC(=NO)c2ccccc21. The summed E-state index contributed by atoms with van der Waals surface area (Å²) in [6.45, 7) is 0. The van der Waals surface area contributed by atoms with Crippen LogP contribution < -0.4 is 10.6 Å². The van der Waals surface area contributed by atoms with Gasteiger partial charge in [-0.15, -0.1) is 0 Å². The molecule has 0 heterocycles. The Bertz CT molecular complexity index is 1220. The Morgan fingerprint density at radius 1 is 0.969 bits per heavy atom. The van der Waals surface area contributed by atoms with Crippen molar-refractivity contribution in [3.05, 3.63) is 112 Å². The number of halogens is 1.